The van der Waals surface area contributed by atoms with Crippen LogP contribution >= 0.6 is 0 Å². The third-order valence-electron chi connectivity index (χ3n) is 23.4. The Morgan fingerprint density at radius 3 is 0.859 bits per heavy atom. The molecule has 4 amide bonds. The second kappa shape index (κ2) is 41.0. The van der Waals surface area contributed by atoms with E-state index in [1.807, 2.05) is 83.6 Å². The summed E-state index contributed by atoms with van der Waals surface area (Å²) in [5, 5.41) is 20.0. The zero-order valence-corrected chi connectivity index (χ0v) is 80.1. The lowest BCUT2D eigenvalue weighted by Crippen LogP contribution is -2.39. The van der Waals surface area contributed by atoms with Crippen LogP contribution in [0.4, 0.5) is 57.9 Å². The number of aromatic nitrogens is 4. The minimum absolute atomic E-state index is 0.0260. The number of nitrogens with zero attached hydrogens (tertiary/aromatic N) is 6. The van der Waals surface area contributed by atoms with Crippen LogP contribution in [0.5, 0.6) is 0 Å². The molecule has 4 aromatic heterocycles. The topological polar surface area (TPSA) is 274 Å². The molecule has 0 saturated heterocycles. The van der Waals surface area contributed by atoms with E-state index >= 15 is 0 Å². The average molecular weight is 1830 g/mol. The van der Waals surface area contributed by atoms with Gasteiger partial charge < -0.3 is 49.4 Å². The number of nitrogens with one attached hydrogen (secondary N) is 4. The first-order chi connectivity index (χ1) is 58.6. The van der Waals surface area contributed by atoms with Crippen molar-refractivity contribution in [2.24, 2.45) is 0 Å². The van der Waals surface area contributed by atoms with Gasteiger partial charge in [-0.1, -0.05) is 132 Å². The number of halogens is 8. The summed E-state index contributed by atoms with van der Waals surface area (Å²) < 4.78 is 173. The summed E-state index contributed by atoms with van der Waals surface area (Å²) in [6, 6.07) is 30.3. The standard InChI is InChI=1S/2C26H37F2N3O3S.C23H30F2N2O3.C21H26F2N2O3/c2*1-17-22(24(32)29-19-10-8-9-18(15-19)26(5,27)28)16-23(25(2,3)4)31(17)21-13-11-20(12-14-21)30(6)35(7,33)34;1-7-30-20(28)11-12-27-15(2)18(14-19(27)22(3,4)5)21(29)26-17-10-8-9-16(13-17)23(6,24)25;1-13-16(12-17(20(2,3)4)25(13)10-9-18(26)27)19(28)24-15-8-6-7-14(11-15)21(5,22)23/h2*8-10,15-16,20-21H,11-14H2,1-7H3,(H,29,32);8-10,13-14H,7,11-12H2,1-6H3,(H,26,29);6-8,11-12H,9-10H2,1-5H3,(H,24,28)(H,26,27). The molecule has 128 heavy (non-hydrogen) atoms. The van der Waals surface area contributed by atoms with Gasteiger partial charge in [-0.15, -0.1) is 0 Å². The smallest absolute Gasteiger partial charge is 0.307 e. The van der Waals surface area contributed by atoms with E-state index in [9.17, 15) is 80.7 Å². The zero-order chi connectivity index (χ0) is 96.7. The molecule has 0 aliphatic heterocycles. The Balaban J connectivity index is 0.000000235. The maximum Gasteiger partial charge on any atom is 0.307 e. The van der Waals surface area contributed by atoms with E-state index in [2.05, 4.69) is 71.9 Å². The van der Waals surface area contributed by atoms with Gasteiger partial charge in [-0.3, -0.25) is 28.8 Å². The number of hydrogen-bond acceptors (Lipinski definition) is 11. The number of carboxylic acid groups (broad SMARTS) is 1. The van der Waals surface area contributed by atoms with Gasteiger partial charge in [0.25, 0.3) is 47.3 Å². The van der Waals surface area contributed by atoms with Crippen molar-refractivity contribution in [3.8, 4) is 0 Å². The molecule has 4 aromatic carbocycles. The molecule has 0 bridgehead atoms. The number of esters is 1. The van der Waals surface area contributed by atoms with Crippen LogP contribution in [0.25, 0.3) is 0 Å². The normalized spacial score (nSPS) is 16.2. The van der Waals surface area contributed by atoms with E-state index in [0.29, 0.717) is 63.9 Å². The number of ether oxygens (including phenoxy) is 1. The van der Waals surface area contributed by atoms with Gasteiger partial charge in [0.05, 0.1) is 54.2 Å². The number of benzene rings is 4. The molecule has 0 atom stereocenters. The molecule has 0 radical (unpaired) electrons. The number of hydrogen-bond donors (Lipinski definition) is 5. The summed E-state index contributed by atoms with van der Waals surface area (Å²) in [5.41, 5.74) is 8.18. The van der Waals surface area contributed by atoms with Crippen LogP contribution < -0.4 is 21.3 Å². The number of rotatable bonds is 25. The lowest BCUT2D eigenvalue weighted by atomic mass is 9.88. The summed E-state index contributed by atoms with van der Waals surface area (Å²) in [6.07, 6.45) is 8.79. The number of carbonyl (C=O) groups is 6. The molecule has 5 N–H and O–H groups in total. The first-order valence-electron chi connectivity index (χ1n) is 42.9. The first-order valence-corrected chi connectivity index (χ1v) is 46.6. The predicted molar refractivity (Wildman–Crippen MR) is 489 cm³/mol. The van der Waals surface area contributed by atoms with Crippen LogP contribution in [0, 0.1) is 27.7 Å². The minimum atomic E-state index is -3.25. The number of sulfonamides is 2. The molecule has 0 spiro atoms. The molecular formula is C96H130F8N10O12S2. The molecule has 22 nitrogen and oxygen atoms in total. The van der Waals surface area contributed by atoms with Crippen molar-refractivity contribution in [1.29, 1.82) is 0 Å². The highest BCUT2D eigenvalue weighted by Gasteiger charge is 2.39. The van der Waals surface area contributed by atoms with E-state index in [0.717, 1.165) is 113 Å². The van der Waals surface area contributed by atoms with E-state index in [-0.39, 0.29) is 117 Å². The largest absolute Gasteiger partial charge is 0.481 e. The Morgan fingerprint density at radius 1 is 0.391 bits per heavy atom. The van der Waals surface area contributed by atoms with Gasteiger partial charge in [-0.25, -0.2) is 60.6 Å². The van der Waals surface area contributed by atoms with Crippen LogP contribution in [0.2, 0.25) is 0 Å². The van der Waals surface area contributed by atoms with Crippen molar-refractivity contribution < 1.29 is 90.6 Å². The SMILES string of the molecule is CCOC(=O)CCn1c(C(C)(C)C)cc(C(=O)Nc2cccc(C(C)(F)F)c2)c1C.Cc1c(C(=O)Nc2cccc(C(C)(F)F)c2)cc(C(C)(C)C)n1C1CCC(N(C)S(C)(=O)=O)CC1.Cc1c(C(=O)Nc2cccc(C(C)(F)F)c2)cc(C(C)(C)C)n1C1CCC(N(C)S(C)(=O)=O)CC1.Cc1c(C(=O)Nc2cccc(C(C)(F)F)c2)cc(C(C)(C)C)n1CCC(=O)O. The van der Waals surface area contributed by atoms with Crippen LogP contribution in [0.3, 0.4) is 0 Å². The first kappa shape index (κ1) is 105. The second-order valence-electron chi connectivity index (χ2n) is 38.0. The maximum absolute atomic E-state index is 13.7. The number of amides is 4. The van der Waals surface area contributed by atoms with Gasteiger partial charge in [0, 0.05) is 191 Å². The Kier molecular flexibility index (Phi) is 33.7. The summed E-state index contributed by atoms with van der Waals surface area (Å²) >= 11 is 0. The quantitative estimate of drug-likeness (QED) is 0.0264. The van der Waals surface area contributed by atoms with Crippen LogP contribution in [-0.2, 0) is 92.8 Å². The fourth-order valence-electron chi connectivity index (χ4n) is 16.2. The highest BCUT2D eigenvalue weighted by Crippen LogP contribution is 2.43. The summed E-state index contributed by atoms with van der Waals surface area (Å²) in [6.45, 7) is 38.0. The fraction of sp³-hybridized carbons (Fsp3) is 0.521. The second-order valence-corrected chi connectivity index (χ2v) is 42.1. The third-order valence-corrected chi connectivity index (χ3v) is 26.1. The average Bonchev–Trinajstić information content (AvgIpc) is 1.63. The zero-order valence-electron chi connectivity index (χ0n) is 78.5. The third kappa shape index (κ3) is 27.8. The van der Waals surface area contributed by atoms with Gasteiger partial charge >= 0.3 is 11.9 Å². The van der Waals surface area contributed by atoms with Crippen molar-refractivity contribution in [3.05, 3.63) is 211 Å². The number of carbonyl (C=O) groups excluding carboxylic acids is 5. The van der Waals surface area contributed by atoms with Crippen molar-refractivity contribution in [3.63, 3.8) is 0 Å². The predicted octanol–water partition coefficient (Wildman–Crippen LogP) is 22.0. The number of carboxylic acids is 1. The van der Waals surface area contributed by atoms with E-state index in [1.165, 1.54) is 93.9 Å². The van der Waals surface area contributed by atoms with Crippen molar-refractivity contribution in [1.82, 2.24) is 26.9 Å². The van der Waals surface area contributed by atoms with Gasteiger partial charge in [0.15, 0.2) is 0 Å². The summed E-state index contributed by atoms with van der Waals surface area (Å²) in [4.78, 5) is 75.0. The molecule has 4 heterocycles. The van der Waals surface area contributed by atoms with E-state index < -0.39 is 55.6 Å². The monoisotopic (exact) mass is 1830 g/mol. The molecule has 8 aromatic rings. The van der Waals surface area contributed by atoms with Gasteiger partial charge in [-0.05, 0) is 159 Å². The van der Waals surface area contributed by atoms with Crippen molar-refractivity contribution in [2.45, 2.75) is 292 Å². The maximum atomic E-state index is 13.7. The molecule has 2 aliphatic rings. The molecule has 2 saturated carbocycles. The molecule has 10 rings (SSSR count). The summed E-state index contributed by atoms with van der Waals surface area (Å²) in [7, 11) is -3.23. The molecule has 704 valence electrons. The van der Waals surface area contributed by atoms with Crippen LogP contribution in [0.15, 0.2) is 121 Å². The molecule has 32 heteroatoms. The van der Waals surface area contributed by atoms with E-state index in [4.69, 9.17) is 9.84 Å². The highest BCUT2D eigenvalue weighted by atomic mass is 32.2. The number of alkyl halides is 8. The highest BCUT2D eigenvalue weighted by molar-refractivity contribution is 7.88. The van der Waals surface area contributed by atoms with E-state index in [1.54, 1.807) is 64.3 Å². The number of aliphatic carboxylic acids is 1. The number of anilines is 4. The Bertz CT molecular complexity index is 5340. The molecule has 2 fully saturated rings. The Hall–Kier alpha value is -9.92. The molecular weight excluding hydrogens is 1700 g/mol. The molecule has 0 unspecified atom stereocenters. The fourth-order valence-corrected chi connectivity index (χ4v) is 17.7. The van der Waals surface area contributed by atoms with Gasteiger partial charge in [0.1, 0.15) is 0 Å². The van der Waals surface area contributed by atoms with Crippen molar-refractivity contribution in [2.75, 3.05) is 54.5 Å². The summed E-state index contributed by atoms with van der Waals surface area (Å²) in [5.74, 6) is -14.7. The Morgan fingerprint density at radius 2 is 0.633 bits per heavy atom. The van der Waals surface area contributed by atoms with Gasteiger partial charge in [0.2, 0.25) is 20.0 Å². The van der Waals surface area contributed by atoms with Crippen molar-refractivity contribution >= 4 is 78.4 Å². The van der Waals surface area contributed by atoms with Crippen LogP contribution in [-0.4, -0.2) is 130 Å². The lowest BCUT2D eigenvalue weighted by Gasteiger charge is -2.36. The minimum Gasteiger partial charge on any atom is -0.481 e. The van der Waals surface area contributed by atoms with Gasteiger partial charge in [-0.2, -0.15) is 0 Å². The lowest BCUT2D eigenvalue weighted by molar-refractivity contribution is -0.143. The molecule has 2 aliphatic carbocycles. The van der Waals surface area contributed by atoms with Crippen LogP contribution in [0.1, 0.15) is 303 Å². The Labute approximate surface area is 749 Å².